The number of benzene rings is 2. The van der Waals surface area contributed by atoms with Gasteiger partial charge in [0, 0.05) is 24.0 Å². The van der Waals surface area contributed by atoms with Crippen LogP contribution in [0, 0.1) is 5.82 Å². The van der Waals surface area contributed by atoms with Crippen molar-refractivity contribution in [3.63, 3.8) is 0 Å². The molecule has 0 spiro atoms. The highest BCUT2D eigenvalue weighted by Gasteiger charge is 2.23. The summed E-state index contributed by atoms with van der Waals surface area (Å²) in [6.07, 6.45) is 0. The average Bonchev–Trinajstić information content (AvgIpc) is 3.11. The Hall–Kier alpha value is -3.19. The molecule has 6 nitrogen and oxygen atoms in total. The van der Waals surface area contributed by atoms with Crippen molar-refractivity contribution in [3.05, 3.63) is 71.2 Å². The van der Waals surface area contributed by atoms with Gasteiger partial charge in [0.1, 0.15) is 11.4 Å². The first-order chi connectivity index (χ1) is 14.5. The van der Waals surface area contributed by atoms with Crippen LogP contribution in [0.15, 0.2) is 52.9 Å². The van der Waals surface area contributed by atoms with Gasteiger partial charge in [0.2, 0.25) is 11.7 Å². The summed E-state index contributed by atoms with van der Waals surface area (Å²) in [5, 5.41) is 3.66. The first-order valence-corrected chi connectivity index (χ1v) is 9.92. The van der Waals surface area contributed by atoms with Crippen molar-refractivity contribution in [1.82, 2.24) is 10.2 Å². The van der Waals surface area contributed by atoms with Gasteiger partial charge in [0.15, 0.2) is 0 Å². The molecule has 0 bridgehead atoms. The lowest BCUT2D eigenvalue weighted by Crippen LogP contribution is -2.36. The molecule has 0 aliphatic heterocycles. The molecule has 1 heterocycles. The lowest BCUT2D eigenvalue weighted by molar-refractivity contribution is -0.122. The fourth-order valence-corrected chi connectivity index (χ4v) is 3.18. The topological polar surface area (TPSA) is 71.8 Å². The van der Waals surface area contributed by atoms with E-state index in [1.807, 2.05) is 30.0 Å². The van der Waals surface area contributed by atoms with Gasteiger partial charge in [0.05, 0.1) is 13.2 Å². The van der Waals surface area contributed by atoms with Crippen LogP contribution < -0.4 is 5.32 Å². The average molecular weight is 412 g/mol. The van der Waals surface area contributed by atoms with Gasteiger partial charge in [-0.1, -0.05) is 37.3 Å². The summed E-state index contributed by atoms with van der Waals surface area (Å²) in [5.41, 5.74) is 2.13. The molecule has 0 atom stereocenters. The number of esters is 1. The SMILES string of the molecule is CCOC(=O)c1oc2ccccc2c1CN(CC)CC(=O)NCc1ccc(F)cc1. The number of carbonyl (C=O) groups is 2. The largest absolute Gasteiger partial charge is 0.460 e. The minimum Gasteiger partial charge on any atom is -0.460 e. The van der Waals surface area contributed by atoms with E-state index < -0.39 is 5.97 Å². The van der Waals surface area contributed by atoms with E-state index in [2.05, 4.69) is 5.32 Å². The zero-order valence-corrected chi connectivity index (χ0v) is 17.1. The number of likely N-dealkylation sites (N-methyl/N-ethyl adjacent to an activating group) is 1. The Balaban J connectivity index is 1.70. The van der Waals surface area contributed by atoms with Gasteiger partial charge in [-0.2, -0.15) is 0 Å². The molecule has 1 aromatic heterocycles. The standard InChI is InChI=1S/C23H25FN2O4/c1-3-26(15-21(27)25-13-16-9-11-17(24)12-10-16)14-19-18-7-5-6-8-20(18)30-22(19)23(28)29-4-2/h5-12H,3-4,13-15H2,1-2H3,(H,25,27). The second-order valence-corrected chi connectivity index (χ2v) is 6.83. The zero-order chi connectivity index (χ0) is 21.5. The number of ether oxygens (including phenoxy) is 1. The highest BCUT2D eigenvalue weighted by molar-refractivity contribution is 5.96. The van der Waals surface area contributed by atoms with Crippen LogP contribution in [0.1, 0.15) is 35.5 Å². The maximum atomic E-state index is 13.0. The maximum absolute atomic E-state index is 13.0. The summed E-state index contributed by atoms with van der Waals surface area (Å²) in [6.45, 7) is 5.37. The van der Waals surface area contributed by atoms with Crippen LogP contribution in [0.3, 0.4) is 0 Å². The summed E-state index contributed by atoms with van der Waals surface area (Å²) in [4.78, 5) is 26.7. The molecule has 0 aliphatic rings. The summed E-state index contributed by atoms with van der Waals surface area (Å²) in [6, 6.07) is 13.4. The molecule has 0 saturated carbocycles. The number of nitrogens with zero attached hydrogens (tertiary/aromatic N) is 1. The van der Waals surface area contributed by atoms with Crippen LogP contribution in [0.25, 0.3) is 11.0 Å². The summed E-state index contributed by atoms with van der Waals surface area (Å²) >= 11 is 0. The predicted molar refractivity (Wildman–Crippen MR) is 111 cm³/mol. The van der Waals surface area contributed by atoms with Gasteiger partial charge >= 0.3 is 5.97 Å². The summed E-state index contributed by atoms with van der Waals surface area (Å²) in [7, 11) is 0. The number of para-hydroxylation sites is 1. The molecule has 7 heteroatoms. The smallest absolute Gasteiger partial charge is 0.374 e. The van der Waals surface area contributed by atoms with E-state index in [1.54, 1.807) is 25.1 Å². The van der Waals surface area contributed by atoms with Crippen molar-refractivity contribution in [3.8, 4) is 0 Å². The molecule has 3 rings (SSSR count). The number of rotatable bonds is 9. The maximum Gasteiger partial charge on any atom is 0.374 e. The van der Waals surface area contributed by atoms with Gasteiger partial charge in [-0.05, 0) is 37.2 Å². The molecule has 0 aliphatic carbocycles. The third kappa shape index (κ3) is 5.24. The van der Waals surface area contributed by atoms with E-state index in [0.717, 1.165) is 10.9 Å². The molecule has 30 heavy (non-hydrogen) atoms. The molecule has 0 unspecified atom stereocenters. The first-order valence-electron chi connectivity index (χ1n) is 9.92. The van der Waals surface area contributed by atoms with Crippen molar-refractivity contribution in [1.29, 1.82) is 0 Å². The molecule has 0 fully saturated rings. The second kappa shape index (κ2) is 10.0. The van der Waals surface area contributed by atoms with E-state index in [9.17, 15) is 14.0 Å². The number of furan rings is 1. The van der Waals surface area contributed by atoms with Crippen molar-refractivity contribution in [2.24, 2.45) is 0 Å². The van der Waals surface area contributed by atoms with E-state index in [0.29, 0.717) is 30.8 Å². The highest BCUT2D eigenvalue weighted by atomic mass is 19.1. The Morgan fingerprint density at radius 2 is 1.83 bits per heavy atom. The van der Waals surface area contributed by atoms with Gasteiger partial charge in [-0.25, -0.2) is 9.18 Å². The van der Waals surface area contributed by atoms with Crippen LogP contribution >= 0.6 is 0 Å². The number of hydrogen-bond acceptors (Lipinski definition) is 5. The molecular formula is C23H25FN2O4. The molecule has 2 aromatic carbocycles. The number of fused-ring (bicyclic) bond motifs is 1. The Morgan fingerprint density at radius 3 is 2.53 bits per heavy atom. The predicted octanol–water partition coefficient (Wildman–Crippen LogP) is 3.89. The van der Waals surface area contributed by atoms with Gasteiger partial charge in [-0.3, -0.25) is 9.69 Å². The van der Waals surface area contributed by atoms with Gasteiger partial charge in [-0.15, -0.1) is 0 Å². The van der Waals surface area contributed by atoms with E-state index >= 15 is 0 Å². The molecule has 3 aromatic rings. The number of carbonyl (C=O) groups excluding carboxylic acids is 2. The molecule has 0 radical (unpaired) electrons. The van der Waals surface area contributed by atoms with Gasteiger partial charge < -0.3 is 14.5 Å². The second-order valence-electron chi connectivity index (χ2n) is 6.83. The van der Waals surface area contributed by atoms with Crippen molar-refractivity contribution in [2.75, 3.05) is 19.7 Å². The fraction of sp³-hybridized carbons (Fsp3) is 0.304. The third-order valence-electron chi connectivity index (χ3n) is 4.76. The Morgan fingerprint density at radius 1 is 1.10 bits per heavy atom. The first kappa shape index (κ1) is 21.5. The van der Waals surface area contributed by atoms with Crippen LogP contribution in [0.4, 0.5) is 4.39 Å². The normalized spacial score (nSPS) is 11.1. The Kier molecular flexibility index (Phi) is 7.19. The lowest BCUT2D eigenvalue weighted by Gasteiger charge is -2.20. The summed E-state index contributed by atoms with van der Waals surface area (Å²) in [5.74, 6) is -0.817. The van der Waals surface area contributed by atoms with Crippen molar-refractivity contribution >= 4 is 22.8 Å². The minimum atomic E-state index is -0.513. The number of amides is 1. The van der Waals surface area contributed by atoms with Crippen LogP contribution in [-0.2, 0) is 22.6 Å². The monoisotopic (exact) mass is 412 g/mol. The Labute approximate surface area is 174 Å². The van der Waals surface area contributed by atoms with Crippen molar-refractivity contribution in [2.45, 2.75) is 26.9 Å². The fourth-order valence-electron chi connectivity index (χ4n) is 3.18. The van der Waals surface area contributed by atoms with Crippen LogP contribution in [0.2, 0.25) is 0 Å². The quantitative estimate of drug-likeness (QED) is 0.540. The number of halogens is 1. The molecule has 0 saturated heterocycles. The van der Waals surface area contributed by atoms with Crippen LogP contribution in [-0.4, -0.2) is 36.5 Å². The van der Waals surface area contributed by atoms with Gasteiger partial charge in [0.25, 0.3) is 0 Å². The molecule has 1 N–H and O–H groups in total. The van der Waals surface area contributed by atoms with Crippen molar-refractivity contribution < 1.29 is 23.1 Å². The van der Waals surface area contributed by atoms with E-state index in [4.69, 9.17) is 9.15 Å². The third-order valence-corrected chi connectivity index (χ3v) is 4.76. The molecular weight excluding hydrogens is 387 g/mol. The number of hydrogen-bond donors (Lipinski definition) is 1. The lowest BCUT2D eigenvalue weighted by atomic mass is 10.1. The van der Waals surface area contributed by atoms with Crippen LogP contribution in [0.5, 0.6) is 0 Å². The minimum absolute atomic E-state index is 0.152. The molecule has 158 valence electrons. The zero-order valence-electron chi connectivity index (χ0n) is 17.1. The van der Waals surface area contributed by atoms with E-state index in [-0.39, 0.29) is 30.6 Å². The summed E-state index contributed by atoms with van der Waals surface area (Å²) < 4.78 is 23.9. The van der Waals surface area contributed by atoms with E-state index in [1.165, 1.54) is 12.1 Å². The Bertz CT molecular complexity index is 1010. The molecule has 1 amide bonds. The number of nitrogens with one attached hydrogen (secondary N) is 1. The highest BCUT2D eigenvalue weighted by Crippen LogP contribution is 2.27.